The number of allylic oxidation sites excluding steroid dienone is 5. The molecule has 1 aliphatic carbocycles. The van der Waals surface area contributed by atoms with Gasteiger partial charge < -0.3 is 0 Å². The monoisotopic (exact) mass is 214 g/mol. The highest BCUT2D eigenvalue weighted by Gasteiger charge is 2.49. The summed E-state index contributed by atoms with van der Waals surface area (Å²) in [6.07, 6.45) is 13.4. The van der Waals surface area contributed by atoms with Crippen LogP contribution in [0, 0.1) is 16.7 Å². The summed E-state index contributed by atoms with van der Waals surface area (Å²) < 4.78 is 0. The van der Waals surface area contributed by atoms with Gasteiger partial charge in [-0.05, 0) is 18.8 Å². The molecule has 0 spiro atoms. The average Bonchev–Trinajstić information content (AvgIpc) is 2.37. The summed E-state index contributed by atoms with van der Waals surface area (Å²) in [7, 11) is 0. The van der Waals surface area contributed by atoms with Gasteiger partial charge >= 0.3 is 0 Å². The lowest BCUT2D eigenvalue weighted by Crippen LogP contribution is -2.44. The van der Waals surface area contributed by atoms with Crippen LogP contribution in [0.1, 0.15) is 19.3 Å². The SMILES string of the molecule is C=CC1CCCC(C=C)(C=C)C1(C=C)C=C. The Morgan fingerprint density at radius 1 is 0.875 bits per heavy atom. The largest absolute Gasteiger partial charge is 0.103 e. The highest BCUT2D eigenvalue weighted by molar-refractivity contribution is 5.30. The maximum atomic E-state index is 4.00. The van der Waals surface area contributed by atoms with Crippen LogP contribution in [0.4, 0.5) is 0 Å². The van der Waals surface area contributed by atoms with Gasteiger partial charge in [0, 0.05) is 10.8 Å². The van der Waals surface area contributed by atoms with E-state index >= 15 is 0 Å². The van der Waals surface area contributed by atoms with Gasteiger partial charge in [0.1, 0.15) is 0 Å². The normalized spacial score (nSPS) is 26.4. The number of hydrogen-bond acceptors (Lipinski definition) is 0. The van der Waals surface area contributed by atoms with E-state index in [0.29, 0.717) is 5.92 Å². The lowest BCUT2D eigenvalue weighted by Gasteiger charge is -2.52. The summed E-state index contributed by atoms with van der Waals surface area (Å²) in [6, 6.07) is 0. The molecule has 86 valence electrons. The fraction of sp³-hybridized carbons (Fsp3) is 0.375. The quantitative estimate of drug-likeness (QED) is 0.582. The molecule has 16 heavy (non-hydrogen) atoms. The molecule has 0 bridgehead atoms. The molecule has 1 fully saturated rings. The highest BCUT2D eigenvalue weighted by Crippen LogP contribution is 2.57. The summed E-state index contributed by atoms with van der Waals surface area (Å²) in [5, 5.41) is 0. The van der Waals surface area contributed by atoms with Crippen LogP contribution in [0.25, 0.3) is 0 Å². The van der Waals surface area contributed by atoms with Crippen molar-refractivity contribution in [1.82, 2.24) is 0 Å². The fourth-order valence-electron chi connectivity index (χ4n) is 3.13. The molecule has 0 aromatic carbocycles. The van der Waals surface area contributed by atoms with Crippen LogP contribution in [0.5, 0.6) is 0 Å². The zero-order chi connectivity index (χ0) is 12.2. The Hall–Kier alpha value is -1.30. The third-order valence-electron chi connectivity index (χ3n) is 4.21. The zero-order valence-electron chi connectivity index (χ0n) is 10.1. The van der Waals surface area contributed by atoms with Gasteiger partial charge in [0.25, 0.3) is 0 Å². The van der Waals surface area contributed by atoms with Crippen molar-refractivity contribution in [3.63, 3.8) is 0 Å². The molecule has 0 radical (unpaired) electrons. The van der Waals surface area contributed by atoms with Gasteiger partial charge in [-0.15, -0.1) is 32.9 Å². The van der Waals surface area contributed by atoms with Gasteiger partial charge in [-0.2, -0.15) is 0 Å². The molecule has 0 aromatic rings. The second-order valence-corrected chi connectivity index (χ2v) is 4.52. The lowest BCUT2D eigenvalue weighted by atomic mass is 9.51. The van der Waals surface area contributed by atoms with E-state index in [9.17, 15) is 0 Å². The fourth-order valence-corrected chi connectivity index (χ4v) is 3.13. The van der Waals surface area contributed by atoms with E-state index in [1.54, 1.807) is 0 Å². The second kappa shape index (κ2) is 4.69. The molecule has 1 unspecified atom stereocenters. The Kier molecular flexibility index (Phi) is 3.74. The van der Waals surface area contributed by atoms with E-state index in [2.05, 4.69) is 32.9 Å². The van der Waals surface area contributed by atoms with Crippen LogP contribution in [-0.2, 0) is 0 Å². The van der Waals surface area contributed by atoms with E-state index in [1.807, 2.05) is 30.4 Å². The van der Waals surface area contributed by atoms with Crippen molar-refractivity contribution in [2.45, 2.75) is 19.3 Å². The Morgan fingerprint density at radius 2 is 1.44 bits per heavy atom. The molecule has 1 saturated carbocycles. The lowest BCUT2D eigenvalue weighted by molar-refractivity contribution is 0.124. The van der Waals surface area contributed by atoms with Crippen LogP contribution >= 0.6 is 0 Å². The van der Waals surface area contributed by atoms with Crippen LogP contribution in [-0.4, -0.2) is 0 Å². The predicted molar refractivity (Wildman–Crippen MR) is 73.2 cm³/mol. The molecule has 0 amide bonds. The average molecular weight is 214 g/mol. The van der Waals surface area contributed by atoms with Gasteiger partial charge in [0.05, 0.1) is 0 Å². The van der Waals surface area contributed by atoms with Crippen molar-refractivity contribution < 1.29 is 0 Å². The topological polar surface area (TPSA) is 0 Å². The van der Waals surface area contributed by atoms with Crippen LogP contribution in [0.3, 0.4) is 0 Å². The first kappa shape index (κ1) is 12.8. The minimum absolute atomic E-state index is 0.131. The van der Waals surface area contributed by atoms with E-state index in [4.69, 9.17) is 0 Å². The van der Waals surface area contributed by atoms with Crippen molar-refractivity contribution in [2.75, 3.05) is 0 Å². The van der Waals surface area contributed by atoms with Crippen molar-refractivity contribution in [1.29, 1.82) is 0 Å². The minimum atomic E-state index is -0.184. The Bertz CT molecular complexity index is 303. The van der Waals surface area contributed by atoms with E-state index in [-0.39, 0.29) is 10.8 Å². The first-order valence-electron chi connectivity index (χ1n) is 5.83. The van der Waals surface area contributed by atoms with Crippen molar-refractivity contribution in [3.05, 3.63) is 63.3 Å². The molecular formula is C16H22. The number of rotatable bonds is 5. The van der Waals surface area contributed by atoms with Crippen molar-refractivity contribution >= 4 is 0 Å². The summed E-state index contributed by atoms with van der Waals surface area (Å²) in [5.74, 6) is 0.368. The summed E-state index contributed by atoms with van der Waals surface area (Å²) in [6.45, 7) is 19.9. The van der Waals surface area contributed by atoms with Gasteiger partial charge in [0.2, 0.25) is 0 Å². The van der Waals surface area contributed by atoms with Crippen LogP contribution in [0.15, 0.2) is 63.3 Å². The zero-order valence-corrected chi connectivity index (χ0v) is 10.1. The minimum Gasteiger partial charge on any atom is -0.103 e. The van der Waals surface area contributed by atoms with Crippen LogP contribution in [0.2, 0.25) is 0 Å². The van der Waals surface area contributed by atoms with E-state index < -0.39 is 0 Å². The summed E-state index contributed by atoms with van der Waals surface area (Å²) in [5.41, 5.74) is -0.315. The third-order valence-corrected chi connectivity index (χ3v) is 4.21. The maximum absolute atomic E-state index is 4.00. The van der Waals surface area contributed by atoms with Crippen molar-refractivity contribution in [3.8, 4) is 0 Å². The first-order valence-corrected chi connectivity index (χ1v) is 5.83. The van der Waals surface area contributed by atoms with Gasteiger partial charge in [0.15, 0.2) is 0 Å². The van der Waals surface area contributed by atoms with E-state index in [0.717, 1.165) is 19.3 Å². The Morgan fingerprint density at radius 3 is 1.81 bits per heavy atom. The van der Waals surface area contributed by atoms with Gasteiger partial charge in [-0.3, -0.25) is 0 Å². The summed E-state index contributed by atoms with van der Waals surface area (Å²) in [4.78, 5) is 0. The molecule has 0 saturated heterocycles. The second-order valence-electron chi connectivity index (χ2n) is 4.52. The maximum Gasteiger partial charge on any atom is 0.0244 e. The van der Waals surface area contributed by atoms with Gasteiger partial charge in [-0.1, -0.05) is 36.8 Å². The van der Waals surface area contributed by atoms with E-state index in [1.165, 1.54) is 0 Å². The highest BCUT2D eigenvalue weighted by atomic mass is 14.5. The smallest absolute Gasteiger partial charge is 0.0244 e. The number of hydrogen-bond donors (Lipinski definition) is 0. The molecular weight excluding hydrogens is 192 g/mol. The summed E-state index contributed by atoms with van der Waals surface area (Å²) >= 11 is 0. The third kappa shape index (κ3) is 1.44. The Labute approximate surface area is 99.8 Å². The Balaban J connectivity index is 3.40. The molecule has 0 aliphatic heterocycles. The molecule has 0 aromatic heterocycles. The molecule has 1 rings (SSSR count). The molecule has 0 N–H and O–H groups in total. The molecule has 0 nitrogen and oxygen atoms in total. The molecule has 0 heteroatoms. The molecule has 1 atom stereocenters. The first-order chi connectivity index (χ1) is 7.66. The molecule has 0 heterocycles. The van der Waals surface area contributed by atoms with Crippen molar-refractivity contribution in [2.24, 2.45) is 16.7 Å². The van der Waals surface area contributed by atoms with Crippen LogP contribution < -0.4 is 0 Å². The molecule has 1 aliphatic rings. The predicted octanol–water partition coefficient (Wildman–Crippen LogP) is 4.69. The van der Waals surface area contributed by atoms with Gasteiger partial charge in [-0.25, -0.2) is 0 Å². The standard InChI is InChI=1S/C16H22/c1-6-14-12-11-13-15(7-2,8-3)16(14,9-4)10-5/h6-10,14H,1-5,11-13H2.